The van der Waals surface area contributed by atoms with E-state index in [0.717, 1.165) is 96.5 Å². The lowest BCUT2D eigenvalue weighted by Gasteiger charge is -2.29. The lowest BCUT2D eigenvalue weighted by atomic mass is 9.95. The molecule has 0 amide bonds. The summed E-state index contributed by atoms with van der Waals surface area (Å²) in [6, 6.07) is 22.8. The van der Waals surface area contributed by atoms with E-state index in [1.165, 1.54) is 5.56 Å². The second-order valence-electron chi connectivity index (χ2n) is 15.8. The quantitative estimate of drug-likeness (QED) is 0.0701. The molecule has 2 aromatic heterocycles. The summed E-state index contributed by atoms with van der Waals surface area (Å²) in [6.45, 7) is 11.4. The third kappa shape index (κ3) is 13.4. The molecule has 2 aliphatic carbocycles. The van der Waals surface area contributed by atoms with Crippen molar-refractivity contribution in [1.29, 1.82) is 0 Å². The number of hydrogen-bond acceptors (Lipinski definition) is 12. The molecule has 324 valence electrons. The van der Waals surface area contributed by atoms with Crippen LogP contribution in [-0.2, 0) is 46.5 Å². The van der Waals surface area contributed by atoms with Crippen molar-refractivity contribution < 1.29 is 45.5 Å². The maximum Gasteiger partial charge on any atom is 0.297 e. The minimum absolute atomic E-state index is 0.0145. The molecular formula is C47H60N2O10S. The Kier molecular flexibility index (Phi) is 16.7. The van der Waals surface area contributed by atoms with Gasteiger partial charge in [-0.2, -0.15) is 8.42 Å². The van der Waals surface area contributed by atoms with Crippen molar-refractivity contribution in [1.82, 2.24) is 9.97 Å². The summed E-state index contributed by atoms with van der Waals surface area (Å²) in [4.78, 5) is 9.42. The van der Waals surface area contributed by atoms with Crippen molar-refractivity contribution >= 4 is 10.1 Å². The number of benzene rings is 3. The van der Waals surface area contributed by atoms with Gasteiger partial charge in [0.15, 0.2) is 0 Å². The number of hydrogen-bond donors (Lipinski definition) is 1. The third-order valence-electron chi connectivity index (χ3n) is 10.8. The molecule has 0 radical (unpaired) electrons. The monoisotopic (exact) mass is 844 g/mol. The molecule has 2 heterocycles. The van der Waals surface area contributed by atoms with Gasteiger partial charge in [0.25, 0.3) is 10.1 Å². The maximum absolute atomic E-state index is 12.3. The van der Waals surface area contributed by atoms with E-state index in [1.54, 1.807) is 24.3 Å². The van der Waals surface area contributed by atoms with E-state index in [9.17, 15) is 8.42 Å². The van der Waals surface area contributed by atoms with Gasteiger partial charge in [-0.25, -0.2) is 9.97 Å². The fraction of sp³-hybridized carbons (Fsp3) is 0.489. The molecule has 0 aliphatic heterocycles. The van der Waals surface area contributed by atoms with Crippen LogP contribution in [0, 0.1) is 34.6 Å². The Bertz CT molecular complexity index is 2200. The Morgan fingerprint density at radius 3 is 1.53 bits per heavy atom. The van der Waals surface area contributed by atoms with E-state index in [-0.39, 0.29) is 49.1 Å². The van der Waals surface area contributed by atoms with Gasteiger partial charge in [-0.05, 0) is 122 Å². The predicted molar refractivity (Wildman–Crippen MR) is 228 cm³/mol. The van der Waals surface area contributed by atoms with Gasteiger partial charge >= 0.3 is 0 Å². The van der Waals surface area contributed by atoms with Crippen LogP contribution >= 0.6 is 0 Å². The van der Waals surface area contributed by atoms with Crippen LogP contribution in [-0.4, -0.2) is 74.3 Å². The summed E-state index contributed by atoms with van der Waals surface area (Å²) in [6.07, 6.45) is 8.12. The van der Waals surface area contributed by atoms with Crippen molar-refractivity contribution in [3.05, 3.63) is 112 Å². The molecule has 12 nitrogen and oxygen atoms in total. The molecule has 13 heteroatoms. The fourth-order valence-electron chi connectivity index (χ4n) is 7.48. The normalized spacial score (nSPS) is 19.5. The molecule has 1 N–H and O–H groups in total. The highest BCUT2D eigenvalue weighted by atomic mass is 32.2. The third-order valence-corrected chi connectivity index (χ3v) is 12.1. The summed E-state index contributed by atoms with van der Waals surface area (Å²) in [5, 5.41) is 8.88. The number of oxazole rings is 2. The van der Waals surface area contributed by atoms with Crippen molar-refractivity contribution in [3.63, 3.8) is 0 Å². The Morgan fingerprint density at radius 1 is 0.600 bits per heavy atom. The smallest absolute Gasteiger partial charge is 0.297 e. The topological polar surface area (TPSA) is 153 Å². The second-order valence-corrected chi connectivity index (χ2v) is 17.4. The summed E-state index contributed by atoms with van der Waals surface area (Å²) in [5.41, 5.74) is 6.94. The van der Waals surface area contributed by atoms with Gasteiger partial charge < -0.3 is 32.9 Å². The van der Waals surface area contributed by atoms with E-state index >= 15 is 0 Å². The number of aliphatic hydroxyl groups is 1. The number of nitrogens with zero attached hydrogens (tertiary/aromatic N) is 2. The molecule has 2 aliphatic rings. The lowest BCUT2D eigenvalue weighted by molar-refractivity contribution is -0.0570. The summed E-state index contributed by atoms with van der Waals surface area (Å²) >= 11 is 0. The fourth-order valence-corrected chi connectivity index (χ4v) is 8.37. The first kappa shape index (κ1) is 45.3. The maximum atomic E-state index is 12.3. The van der Waals surface area contributed by atoms with Crippen LogP contribution in [0.15, 0.2) is 86.5 Å². The van der Waals surface area contributed by atoms with Crippen LogP contribution in [0.3, 0.4) is 0 Å². The van der Waals surface area contributed by atoms with Crippen LogP contribution in [0.4, 0.5) is 0 Å². The first-order chi connectivity index (χ1) is 28.9. The largest absolute Gasteiger partial charge is 0.441 e. The highest BCUT2D eigenvalue weighted by Gasteiger charge is 2.26. The molecule has 0 spiro atoms. The average Bonchev–Trinajstić information content (AvgIpc) is 3.82. The molecule has 60 heavy (non-hydrogen) atoms. The van der Waals surface area contributed by atoms with Crippen molar-refractivity contribution in [2.75, 3.05) is 26.4 Å². The van der Waals surface area contributed by atoms with Crippen molar-refractivity contribution in [2.45, 2.75) is 129 Å². The first-order valence-electron chi connectivity index (χ1n) is 21.1. The number of aliphatic hydroxyl groups excluding tert-OH is 1. The summed E-state index contributed by atoms with van der Waals surface area (Å²) < 4.78 is 65.2. The summed E-state index contributed by atoms with van der Waals surface area (Å²) in [7, 11) is -3.78. The van der Waals surface area contributed by atoms with Gasteiger partial charge in [0.2, 0.25) is 11.8 Å². The summed E-state index contributed by atoms with van der Waals surface area (Å²) in [5.74, 6) is 2.82. The van der Waals surface area contributed by atoms with Crippen molar-refractivity contribution in [3.8, 4) is 22.9 Å². The van der Waals surface area contributed by atoms with E-state index in [4.69, 9.17) is 37.1 Å². The number of ether oxygens (including phenoxy) is 4. The molecule has 2 fully saturated rings. The molecule has 3 aromatic carbocycles. The molecule has 4 atom stereocenters. The van der Waals surface area contributed by atoms with Crippen LogP contribution < -0.4 is 0 Å². The highest BCUT2D eigenvalue weighted by molar-refractivity contribution is 7.86. The minimum atomic E-state index is -3.78. The number of aromatic nitrogens is 2. The molecule has 2 saturated carbocycles. The Balaban J connectivity index is 0.000000213. The minimum Gasteiger partial charge on any atom is -0.441 e. The zero-order valence-corrected chi connectivity index (χ0v) is 36.4. The molecule has 0 bridgehead atoms. The number of rotatable bonds is 17. The Hall–Kier alpha value is -4.21. The van der Waals surface area contributed by atoms with Crippen LogP contribution in [0.1, 0.15) is 91.0 Å². The Morgan fingerprint density at radius 2 is 1.07 bits per heavy atom. The molecule has 0 saturated heterocycles. The van der Waals surface area contributed by atoms with Gasteiger partial charge in [0.1, 0.15) is 22.9 Å². The van der Waals surface area contributed by atoms with E-state index in [1.807, 2.05) is 58.0 Å². The predicted octanol–water partition coefficient (Wildman–Crippen LogP) is 9.31. The Labute approximate surface area is 354 Å². The lowest BCUT2D eigenvalue weighted by Crippen LogP contribution is -2.29. The molecular weight excluding hydrogens is 785 g/mol. The van der Waals surface area contributed by atoms with E-state index < -0.39 is 10.1 Å². The number of aryl methyl sites for hydroxylation is 5. The van der Waals surface area contributed by atoms with Crippen LogP contribution in [0.2, 0.25) is 0 Å². The van der Waals surface area contributed by atoms with Crippen LogP contribution in [0.5, 0.6) is 0 Å². The van der Waals surface area contributed by atoms with Gasteiger partial charge in [-0.3, -0.25) is 4.18 Å². The van der Waals surface area contributed by atoms with Gasteiger partial charge in [-0.1, -0.05) is 53.1 Å². The van der Waals surface area contributed by atoms with E-state index in [2.05, 4.69) is 35.1 Å². The van der Waals surface area contributed by atoms with Gasteiger partial charge in [-0.15, -0.1) is 0 Å². The zero-order chi connectivity index (χ0) is 42.5. The van der Waals surface area contributed by atoms with Crippen LogP contribution in [0.25, 0.3) is 22.9 Å². The standard InChI is InChI=1S/C27H33NO6S.C20H27NO4/c1-19-10-12-25(13-11-19)35(29,30)33-15-14-31-23-8-5-9-24(17-23)32-18-26-21(3)34-27(28-26)22-7-4-6-20(2)16-22;1-14-5-3-6-16(11-14)20-21-19(15(2)25-20)13-24-18-8-4-7-17(12-18)23-10-9-22/h4,6-7,10-13,16,23-24H,5,8-9,14-15,17-18H2,1-3H3;3,5-6,11,17-18,22H,4,7-10,12-13H2,1-2H3/t23-,24+;17-,18+/m11/s1. The van der Waals surface area contributed by atoms with E-state index in [0.29, 0.717) is 31.6 Å². The molecule has 5 aromatic rings. The zero-order valence-electron chi connectivity index (χ0n) is 35.6. The van der Waals surface area contributed by atoms with Gasteiger partial charge in [0, 0.05) is 11.1 Å². The van der Waals surface area contributed by atoms with Crippen molar-refractivity contribution in [2.24, 2.45) is 0 Å². The SMILES string of the molecule is Cc1ccc(S(=O)(=O)OCCO[C@@H]2CCC[C@H](OCc3nc(-c4cccc(C)c4)oc3C)C2)cc1.Cc1cccc(-c2nc(CO[C@H]3CCC[C@@H](OCCO)C3)c(C)o2)c1. The second kappa shape index (κ2) is 22.1. The molecule has 0 unspecified atom stereocenters. The van der Waals surface area contributed by atoms with Gasteiger partial charge in [0.05, 0.1) is 69.0 Å². The molecule has 7 rings (SSSR count). The average molecular weight is 845 g/mol. The first-order valence-corrected chi connectivity index (χ1v) is 22.5. The highest BCUT2D eigenvalue weighted by Crippen LogP contribution is 2.29.